The molecule has 5 rings (SSSR count). The SMILES string of the molecule is O=C([C@@H]1CN(Cc2nc3ccccc3s2)c2ccccc2O1)N1CCOCC1. The van der Waals surface area contributed by atoms with Crippen molar-refractivity contribution in [1.82, 2.24) is 9.88 Å². The van der Waals surface area contributed by atoms with Crippen molar-refractivity contribution in [3.8, 4) is 5.75 Å². The van der Waals surface area contributed by atoms with Crippen molar-refractivity contribution in [2.75, 3.05) is 37.7 Å². The number of amides is 1. The van der Waals surface area contributed by atoms with Crippen LogP contribution in [0.25, 0.3) is 10.2 Å². The fourth-order valence-electron chi connectivity index (χ4n) is 3.72. The first-order valence-corrected chi connectivity index (χ1v) is 10.3. The van der Waals surface area contributed by atoms with Crippen LogP contribution in [0.1, 0.15) is 5.01 Å². The zero-order chi connectivity index (χ0) is 18.9. The number of anilines is 1. The van der Waals surface area contributed by atoms with Gasteiger partial charge in [0.1, 0.15) is 10.8 Å². The molecule has 3 aromatic rings. The number of carbonyl (C=O) groups excluding carboxylic acids is 1. The molecule has 0 aliphatic carbocycles. The second-order valence-corrected chi connectivity index (χ2v) is 8.08. The molecule has 0 unspecified atom stereocenters. The predicted molar refractivity (Wildman–Crippen MR) is 109 cm³/mol. The zero-order valence-electron chi connectivity index (χ0n) is 15.4. The Morgan fingerprint density at radius 1 is 1.11 bits per heavy atom. The lowest BCUT2D eigenvalue weighted by atomic mass is 10.1. The third kappa shape index (κ3) is 3.31. The lowest BCUT2D eigenvalue weighted by Gasteiger charge is -2.38. The standard InChI is InChI=1S/C21H21N3O3S/c25-21(23-9-11-26-12-10-23)18-13-24(16-6-2-3-7-17(16)27-18)14-20-22-15-5-1-4-8-19(15)28-20/h1-8,18H,9-14H2/t18-/m0/s1. The fraction of sp³-hybridized carbons (Fsp3) is 0.333. The number of thiazole rings is 1. The second kappa shape index (κ2) is 7.41. The summed E-state index contributed by atoms with van der Waals surface area (Å²) in [4.78, 5) is 21.8. The molecule has 0 N–H and O–H groups in total. The molecule has 3 heterocycles. The minimum Gasteiger partial charge on any atom is -0.477 e. The highest BCUT2D eigenvalue weighted by molar-refractivity contribution is 7.18. The van der Waals surface area contributed by atoms with Gasteiger partial charge in [-0.3, -0.25) is 4.79 Å². The van der Waals surface area contributed by atoms with Crippen LogP contribution in [0.15, 0.2) is 48.5 Å². The normalized spacial score (nSPS) is 19.4. The molecule has 0 bridgehead atoms. The van der Waals surface area contributed by atoms with Gasteiger partial charge in [-0.1, -0.05) is 24.3 Å². The number of nitrogens with zero attached hydrogens (tertiary/aromatic N) is 3. The van der Waals surface area contributed by atoms with Gasteiger partial charge >= 0.3 is 0 Å². The number of rotatable bonds is 3. The van der Waals surface area contributed by atoms with Crippen molar-refractivity contribution in [3.63, 3.8) is 0 Å². The maximum Gasteiger partial charge on any atom is 0.265 e. The van der Waals surface area contributed by atoms with Gasteiger partial charge in [0.15, 0.2) is 6.10 Å². The highest BCUT2D eigenvalue weighted by Gasteiger charge is 2.34. The number of carbonyl (C=O) groups is 1. The minimum absolute atomic E-state index is 0.0344. The molecule has 0 saturated carbocycles. The van der Waals surface area contributed by atoms with Gasteiger partial charge in [0, 0.05) is 13.1 Å². The molecule has 2 aliphatic rings. The average Bonchev–Trinajstić information content (AvgIpc) is 3.16. The number of aromatic nitrogens is 1. The first-order valence-electron chi connectivity index (χ1n) is 9.49. The van der Waals surface area contributed by atoms with Crippen LogP contribution in [-0.2, 0) is 16.1 Å². The molecule has 1 saturated heterocycles. The molecule has 2 aromatic carbocycles. The molecular weight excluding hydrogens is 374 g/mol. The van der Waals surface area contributed by atoms with E-state index < -0.39 is 6.10 Å². The Morgan fingerprint density at radius 2 is 1.89 bits per heavy atom. The summed E-state index contributed by atoms with van der Waals surface area (Å²) in [5, 5.41) is 1.04. The Bertz CT molecular complexity index is 966. The van der Waals surface area contributed by atoms with E-state index in [1.807, 2.05) is 47.4 Å². The summed E-state index contributed by atoms with van der Waals surface area (Å²) in [5.41, 5.74) is 2.03. The molecule has 6 nitrogen and oxygen atoms in total. The molecule has 0 radical (unpaired) electrons. The van der Waals surface area contributed by atoms with Crippen molar-refractivity contribution < 1.29 is 14.3 Å². The minimum atomic E-state index is -0.512. The van der Waals surface area contributed by atoms with E-state index in [1.54, 1.807) is 11.3 Å². The van der Waals surface area contributed by atoms with Crippen molar-refractivity contribution in [1.29, 1.82) is 0 Å². The van der Waals surface area contributed by atoms with Gasteiger partial charge in [0.25, 0.3) is 5.91 Å². The molecule has 2 aliphatic heterocycles. The highest BCUT2D eigenvalue weighted by atomic mass is 32.1. The van der Waals surface area contributed by atoms with Gasteiger partial charge < -0.3 is 19.3 Å². The van der Waals surface area contributed by atoms with Crippen LogP contribution in [0.3, 0.4) is 0 Å². The zero-order valence-corrected chi connectivity index (χ0v) is 16.2. The summed E-state index contributed by atoms with van der Waals surface area (Å²) < 4.78 is 12.6. The quantitative estimate of drug-likeness (QED) is 0.683. The largest absolute Gasteiger partial charge is 0.477 e. The maximum absolute atomic E-state index is 13.0. The van der Waals surface area contributed by atoms with Gasteiger partial charge in [-0.25, -0.2) is 4.98 Å². The Labute approximate surface area is 167 Å². The summed E-state index contributed by atoms with van der Waals surface area (Å²) in [7, 11) is 0. The highest BCUT2D eigenvalue weighted by Crippen LogP contribution is 2.35. The fourth-order valence-corrected chi connectivity index (χ4v) is 4.71. The second-order valence-electron chi connectivity index (χ2n) is 6.97. The Balaban J connectivity index is 1.41. The molecule has 28 heavy (non-hydrogen) atoms. The number of morpholine rings is 1. The molecule has 1 atom stereocenters. The van der Waals surface area contributed by atoms with E-state index in [4.69, 9.17) is 14.5 Å². The predicted octanol–water partition coefficient (Wildman–Crippen LogP) is 2.92. The van der Waals surface area contributed by atoms with E-state index in [2.05, 4.69) is 11.0 Å². The molecule has 7 heteroatoms. The molecule has 1 amide bonds. The van der Waals surface area contributed by atoms with E-state index in [-0.39, 0.29) is 5.91 Å². The van der Waals surface area contributed by atoms with E-state index in [1.165, 1.54) is 4.70 Å². The van der Waals surface area contributed by atoms with Crippen molar-refractivity contribution in [2.45, 2.75) is 12.6 Å². The van der Waals surface area contributed by atoms with E-state index in [9.17, 15) is 4.79 Å². The van der Waals surface area contributed by atoms with Crippen LogP contribution in [0.5, 0.6) is 5.75 Å². The van der Waals surface area contributed by atoms with E-state index in [0.717, 1.165) is 22.0 Å². The Kier molecular flexibility index (Phi) is 4.62. The van der Waals surface area contributed by atoms with Crippen molar-refractivity contribution >= 4 is 33.1 Å². The lowest BCUT2D eigenvalue weighted by Crippen LogP contribution is -2.52. The molecule has 144 valence electrons. The van der Waals surface area contributed by atoms with Gasteiger partial charge in [-0.05, 0) is 24.3 Å². The lowest BCUT2D eigenvalue weighted by molar-refractivity contribution is -0.142. The monoisotopic (exact) mass is 395 g/mol. The van der Waals surface area contributed by atoms with Crippen LogP contribution >= 0.6 is 11.3 Å². The van der Waals surface area contributed by atoms with Crippen LogP contribution in [-0.4, -0.2) is 54.7 Å². The van der Waals surface area contributed by atoms with Crippen molar-refractivity contribution in [3.05, 3.63) is 53.5 Å². The van der Waals surface area contributed by atoms with Gasteiger partial charge in [0.05, 0.1) is 42.2 Å². The number of hydrogen-bond acceptors (Lipinski definition) is 6. The van der Waals surface area contributed by atoms with Crippen LogP contribution in [0.4, 0.5) is 5.69 Å². The number of benzene rings is 2. The third-order valence-corrected chi connectivity index (χ3v) is 6.15. The number of fused-ring (bicyclic) bond motifs is 2. The van der Waals surface area contributed by atoms with Crippen LogP contribution in [0.2, 0.25) is 0 Å². The summed E-state index contributed by atoms with van der Waals surface area (Å²) in [6.07, 6.45) is -0.512. The molecule has 1 aromatic heterocycles. The molecular formula is C21H21N3O3S. The summed E-state index contributed by atoms with van der Waals surface area (Å²) >= 11 is 1.70. The summed E-state index contributed by atoms with van der Waals surface area (Å²) in [6, 6.07) is 16.1. The number of hydrogen-bond donors (Lipinski definition) is 0. The van der Waals surface area contributed by atoms with E-state index in [0.29, 0.717) is 39.4 Å². The average molecular weight is 395 g/mol. The number of para-hydroxylation sites is 3. The first kappa shape index (κ1) is 17.5. The van der Waals surface area contributed by atoms with Gasteiger partial charge in [0.2, 0.25) is 0 Å². The van der Waals surface area contributed by atoms with Crippen LogP contribution in [0, 0.1) is 0 Å². The first-order chi connectivity index (χ1) is 13.8. The topological polar surface area (TPSA) is 54.9 Å². The smallest absolute Gasteiger partial charge is 0.265 e. The van der Waals surface area contributed by atoms with Crippen molar-refractivity contribution in [2.24, 2.45) is 0 Å². The number of ether oxygens (including phenoxy) is 2. The van der Waals surface area contributed by atoms with E-state index >= 15 is 0 Å². The summed E-state index contributed by atoms with van der Waals surface area (Å²) in [6.45, 7) is 3.60. The van der Waals surface area contributed by atoms with Crippen LogP contribution < -0.4 is 9.64 Å². The molecule has 1 fully saturated rings. The van der Waals surface area contributed by atoms with Gasteiger partial charge in [-0.15, -0.1) is 11.3 Å². The maximum atomic E-state index is 13.0. The summed E-state index contributed by atoms with van der Waals surface area (Å²) in [5.74, 6) is 0.786. The Morgan fingerprint density at radius 3 is 2.75 bits per heavy atom. The Hall–Kier alpha value is -2.64. The molecule has 0 spiro atoms. The van der Waals surface area contributed by atoms with Gasteiger partial charge in [-0.2, -0.15) is 0 Å². The third-order valence-electron chi connectivity index (χ3n) is 5.12.